The zero-order chi connectivity index (χ0) is 27.4. The first kappa shape index (κ1) is 26.9. The predicted octanol–water partition coefficient (Wildman–Crippen LogP) is 3.56. The van der Waals surface area contributed by atoms with E-state index in [1.54, 1.807) is 19.3 Å². The standard InChI is InChI=1S/C27H34N6O5/c1-27(2,3)38-26(36)31-18-8-6-7-17(13-18)30-23(34)20-11-16(14-29-25(20)37-5)15-9-10-19-21(12-15)32-33-22(19)24(35)28-4/h9-12,14,17-18H,6-8,13H2,1-5H3,(H,28,35)(H,30,34)(H,31,36)(H,32,33). The summed E-state index contributed by atoms with van der Waals surface area (Å²) in [7, 11) is 3.02. The van der Waals surface area contributed by atoms with Gasteiger partial charge in [-0.25, -0.2) is 9.78 Å². The van der Waals surface area contributed by atoms with Crippen molar-refractivity contribution in [1.82, 2.24) is 31.1 Å². The molecule has 2 atom stereocenters. The molecule has 2 heterocycles. The molecule has 1 aromatic carbocycles. The Bertz CT molecular complexity index is 1350. The third kappa shape index (κ3) is 6.21. The van der Waals surface area contributed by atoms with Gasteiger partial charge in [-0.2, -0.15) is 5.10 Å². The van der Waals surface area contributed by atoms with Gasteiger partial charge in [-0.05, 0) is 70.2 Å². The molecule has 11 heteroatoms. The number of aromatic nitrogens is 3. The number of aromatic amines is 1. The van der Waals surface area contributed by atoms with Gasteiger partial charge in [-0.1, -0.05) is 6.07 Å². The van der Waals surface area contributed by atoms with Crippen LogP contribution in [0.5, 0.6) is 5.88 Å². The van der Waals surface area contributed by atoms with Crippen molar-refractivity contribution in [3.05, 3.63) is 41.7 Å². The highest BCUT2D eigenvalue weighted by atomic mass is 16.6. The van der Waals surface area contributed by atoms with Crippen LogP contribution < -0.4 is 20.7 Å². The van der Waals surface area contributed by atoms with E-state index in [2.05, 4.69) is 31.1 Å². The third-order valence-corrected chi connectivity index (χ3v) is 6.36. The molecular weight excluding hydrogens is 488 g/mol. The molecule has 0 saturated heterocycles. The molecule has 3 amide bonds. The fourth-order valence-corrected chi connectivity index (χ4v) is 4.62. The number of benzene rings is 1. The van der Waals surface area contributed by atoms with E-state index in [0.29, 0.717) is 34.1 Å². The van der Waals surface area contributed by atoms with Crippen LogP contribution in [0.25, 0.3) is 22.0 Å². The second-order valence-electron chi connectivity index (χ2n) is 10.4. The van der Waals surface area contributed by atoms with E-state index in [-0.39, 0.29) is 29.8 Å². The van der Waals surface area contributed by atoms with Crippen LogP contribution >= 0.6 is 0 Å². The first-order valence-electron chi connectivity index (χ1n) is 12.6. The number of hydrogen-bond donors (Lipinski definition) is 4. The van der Waals surface area contributed by atoms with Crippen molar-refractivity contribution in [2.45, 2.75) is 64.1 Å². The summed E-state index contributed by atoms with van der Waals surface area (Å²) in [6.07, 6.45) is 4.27. The molecule has 202 valence electrons. The Kier molecular flexibility index (Phi) is 7.84. The highest BCUT2D eigenvalue weighted by Gasteiger charge is 2.27. The van der Waals surface area contributed by atoms with Gasteiger partial charge in [0.15, 0.2) is 5.69 Å². The lowest BCUT2D eigenvalue weighted by Gasteiger charge is -2.31. The van der Waals surface area contributed by atoms with E-state index in [0.717, 1.165) is 24.8 Å². The van der Waals surface area contributed by atoms with Crippen molar-refractivity contribution in [2.75, 3.05) is 14.2 Å². The van der Waals surface area contributed by atoms with Crippen LogP contribution in [0.1, 0.15) is 67.3 Å². The molecule has 3 aromatic rings. The van der Waals surface area contributed by atoms with Crippen molar-refractivity contribution in [1.29, 1.82) is 0 Å². The molecule has 2 unspecified atom stereocenters. The number of pyridine rings is 1. The minimum atomic E-state index is -0.574. The molecule has 0 spiro atoms. The summed E-state index contributed by atoms with van der Waals surface area (Å²) in [5.41, 5.74) is 2.25. The fraction of sp³-hybridized carbons (Fsp3) is 0.444. The van der Waals surface area contributed by atoms with Crippen LogP contribution in [0.4, 0.5) is 4.79 Å². The lowest BCUT2D eigenvalue weighted by atomic mass is 9.91. The number of carbonyl (C=O) groups excluding carboxylic acids is 3. The summed E-state index contributed by atoms with van der Waals surface area (Å²) in [5, 5.41) is 16.3. The minimum absolute atomic E-state index is 0.0870. The quantitative estimate of drug-likeness (QED) is 0.387. The third-order valence-electron chi connectivity index (χ3n) is 6.36. The molecule has 38 heavy (non-hydrogen) atoms. The smallest absolute Gasteiger partial charge is 0.407 e. The molecule has 4 rings (SSSR count). The van der Waals surface area contributed by atoms with E-state index < -0.39 is 11.7 Å². The van der Waals surface area contributed by atoms with Crippen LogP contribution in [0.15, 0.2) is 30.5 Å². The first-order valence-corrected chi connectivity index (χ1v) is 12.6. The van der Waals surface area contributed by atoms with Gasteiger partial charge < -0.3 is 25.4 Å². The number of H-pyrrole nitrogens is 1. The monoisotopic (exact) mass is 522 g/mol. The normalized spacial score (nSPS) is 17.5. The van der Waals surface area contributed by atoms with Crippen LogP contribution in [0.2, 0.25) is 0 Å². The molecule has 1 saturated carbocycles. The Morgan fingerprint density at radius 3 is 2.45 bits per heavy atom. The second-order valence-corrected chi connectivity index (χ2v) is 10.4. The van der Waals surface area contributed by atoms with Gasteiger partial charge in [0.1, 0.15) is 11.2 Å². The summed E-state index contributed by atoms with van der Waals surface area (Å²) in [6.45, 7) is 5.46. The Labute approximate surface area is 221 Å². The predicted molar refractivity (Wildman–Crippen MR) is 142 cm³/mol. The summed E-state index contributed by atoms with van der Waals surface area (Å²) >= 11 is 0. The number of carbonyl (C=O) groups is 3. The van der Waals surface area contributed by atoms with Crippen LogP contribution in [-0.2, 0) is 4.74 Å². The Morgan fingerprint density at radius 1 is 1.03 bits per heavy atom. The van der Waals surface area contributed by atoms with Crippen molar-refractivity contribution in [3.63, 3.8) is 0 Å². The number of rotatable bonds is 6. The van der Waals surface area contributed by atoms with E-state index in [4.69, 9.17) is 9.47 Å². The zero-order valence-corrected chi connectivity index (χ0v) is 22.3. The van der Waals surface area contributed by atoms with Gasteiger partial charge in [0.05, 0.1) is 12.6 Å². The molecule has 0 bridgehead atoms. The van der Waals surface area contributed by atoms with Crippen molar-refractivity contribution >= 4 is 28.8 Å². The molecule has 11 nitrogen and oxygen atoms in total. The van der Waals surface area contributed by atoms with Gasteiger partial charge in [-0.15, -0.1) is 0 Å². The number of hydrogen-bond acceptors (Lipinski definition) is 7. The number of methoxy groups -OCH3 is 1. The van der Waals surface area contributed by atoms with Gasteiger partial charge >= 0.3 is 6.09 Å². The Balaban J connectivity index is 1.49. The molecule has 0 radical (unpaired) electrons. The Hall–Kier alpha value is -4.15. The molecule has 1 fully saturated rings. The average Bonchev–Trinajstić information content (AvgIpc) is 3.30. The number of alkyl carbamates (subject to hydrolysis) is 1. The van der Waals surface area contributed by atoms with Crippen molar-refractivity contribution in [2.24, 2.45) is 0 Å². The first-order chi connectivity index (χ1) is 18.1. The second kappa shape index (κ2) is 11.1. The molecule has 2 aromatic heterocycles. The van der Waals surface area contributed by atoms with Gasteiger partial charge in [0.2, 0.25) is 5.88 Å². The number of ether oxygens (including phenoxy) is 2. The topological polar surface area (TPSA) is 147 Å². The van der Waals surface area contributed by atoms with E-state index in [9.17, 15) is 14.4 Å². The summed E-state index contributed by atoms with van der Waals surface area (Å²) in [4.78, 5) is 41.9. The van der Waals surface area contributed by atoms with Gasteiger partial charge in [-0.3, -0.25) is 14.7 Å². The number of nitrogens with one attached hydrogen (secondary N) is 4. The summed E-state index contributed by atoms with van der Waals surface area (Å²) < 4.78 is 10.7. The molecule has 1 aliphatic carbocycles. The maximum Gasteiger partial charge on any atom is 0.407 e. The molecular formula is C27H34N6O5. The zero-order valence-electron chi connectivity index (χ0n) is 22.3. The maximum absolute atomic E-state index is 13.3. The van der Waals surface area contributed by atoms with E-state index >= 15 is 0 Å². The van der Waals surface area contributed by atoms with Crippen LogP contribution in [0.3, 0.4) is 0 Å². The largest absolute Gasteiger partial charge is 0.480 e. The SMILES string of the molecule is CNC(=O)c1n[nH]c2cc(-c3cnc(OC)c(C(=O)NC4CCCC(NC(=O)OC(C)(C)C)C4)c3)ccc12. The molecule has 0 aliphatic heterocycles. The maximum atomic E-state index is 13.3. The lowest BCUT2D eigenvalue weighted by Crippen LogP contribution is -2.47. The van der Waals surface area contributed by atoms with Crippen LogP contribution in [-0.4, -0.2) is 64.9 Å². The molecule has 4 N–H and O–H groups in total. The highest BCUT2D eigenvalue weighted by molar-refractivity contribution is 6.05. The van der Waals surface area contributed by atoms with Gasteiger partial charge in [0, 0.05) is 36.3 Å². The lowest BCUT2D eigenvalue weighted by molar-refractivity contribution is 0.0489. The number of nitrogens with zero attached hydrogens (tertiary/aromatic N) is 2. The summed E-state index contributed by atoms with van der Waals surface area (Å²) in [5.74, 6) is -0.362. The van der Waals surface area contributed by atoms with Crippen LogP contribution in [0, 0.1) is 0 Å². The Morgan fingerprint density at radius 2 is 1.76 bits per heavy atom. The average molecular weight is 523 g/mol. The van der Waals surface area contributed by atoms with E-state index in [1.165, 1.54) is 7.11 Å². The summed E-state index contributed by atoms with van der Waals surface area (Å²) in [6, 6.07) is 7.04. The fourth-order valence-electron chi connectivity index (χ4n) is 4.62. The van der Waals surface area contributed by atoms with Gasteiger partial charge in [0.25, 0.3) is 11.8 Å². The van der Waals surface area contributed by atoms with Crippen molar-refractivity contribution in [3.8, 4) is 17.0 Å². The van der Waals surface area contributed by atoms with E-state index in [1.807, 2.05) is 39.0 Å². The minimum Gasteiger partial charge on any atom is -0.480 e. The number of fused-ring (bicyclic) bond motifs is 1. The molecule has 1 aliphatic rings. The van der Waals surface area contributed by atoms with Crippen molar-refractivity contribution < 1.29 is 23.9 Å². The number of amides is 3. The highest BCUT2D eigenvalue weighted by Crippen LogP contribution is 2.28.